The van der Waals surface area contributed by atoms with Crippen molar-refractivity contribution in [2.75, 3.05) is 32.8 Å². The van der Waals surface area contributed by atoms with Crippen molar-refractivity contribution in [2.45, 2.75) is 39.0 Å². The molecular weight excluding hydrogens is 302 g/mol. The number of amides is 3. The molecule has 1 saturated heterocycles. The molecule has 0 spiro atoms. The zero-order valence-electron chi connectivity index (χ0n) is 13.6. The largest absolute Gasteiger partial charge is 0.454 e. The topological polar surface area (TPSA) is 105 Å². The Morgan fingerprint density at radius 1 is 1.13 bits per heavy atom. The first kappa shape index (κ1) is 18.9. The van der Waals surface area contributed by atoms with Gasteiger partial charge in [0.2, 0.25) is 11.8 Å². The van der Waals surface area contributed by atoms with Gasteiger partial charge in [0.05, 0.1) is 6.54 Å². The quantitative estimate of drug-likeness (QED) is 0.589. The SMILES string of the molecule is CCCNC(=O)CNC(=O)COC(=O)CN1CCCCCC1=O. The average Bonchev–Trinajstić information content (AvgIpc) is 2.73. The molecular formula is C15H25N3O5. The standard InChI is InChI=1S/C15H25N3O5/c1-2-7-16-12(19)9-17-13(20)11-23-15(22)10-18-8-5-3-4-6-14(18)21/h2-11H2,1H3,(H,16,19)(H,17,20). The van der Waals surface area contributed by atoms with Crippen LogP contribution in [0.15, 0.2) is 0 Å². The van der Waals surface area contributed by atoms with E-state index in [4.69, 9.17) is 4.74 Å². The fourth-order valence-electron chi connectivity index (χ4n) is 2.11. The summed E-state index contributed by atoms with van der Waals surface area (Å²) >= 11 is 0. The van der Waals surface area contributed by atoms with Gasteiger partial charge < -0.3 is 20.3 Å². The monoisotopic (exact) mass is 327 g/mol. The van der Waals surface area contributed by atoms with Gasteiger partial charge in [-0.15, -0.1) is 0 Å². The van der Waals surface area contributed by atoms with E-state index in [-0.39, 0.29) is 24.9 Å². The number of likely N-dealkylation sites (tertiary alicyclic amines) is 1. The molecule has 1 aliphatic rings. The smallest absolute Gasteiger partial charge is 0.326 e. The van der Waals surface area contributed by atoms with Gasteiger partial charge in [0.15, 0.2) is 6.61 Å². The molecule has 0 aromatic carbocycles. The third kappa shape index (κ3) is 8.18. The van der Waals surface area contributed by atoms with Crippen LogP contribution in [0, 0.1) is 0 Å². The lowest BCUT2D eigenvalue weighted by atomic mass is 10.2. The maximum atomic E-state index is 11.7. The lowest BCUT2D eigenvalue weighted by molar-refractivity contribution is -0.152. The predicted octanol–water partition coefficient (Wildman–Crippen LogP) is -0.425. The summed E-state index contributed by atoms with van der Waals surface area (Å²) in [6.45, 7) is 2.27. The molecule has 8 heteroatoms. The van der Waals surface area contributed by atoms with E-state index >= 15 is 0 Å². The summed E-state index contributed by atoms with van der Waals surface area (Å²) in [6.07, 6.45) is 3.94. The van der Waals surface area contributed by atoms with Gasteiger partial charge in [0, 0.05) is 19.5 Å². The van der Waals surface area contributed by atoms with E-state index in [1.807, 2.05) is 6.92 Å². The number of ether oxygens (including phenoxy) is 1. The lowest BCUT2D eigenvalue weighted by Gasteiger charge is -2.19. The molecule has 0 saturated carbocycles. The minimum atomic E-state index is -0.620. The van der Waals surface area contributed by atoms with Crippen LogP contribution in [0.3, 0.4) is 0 Å². The first-order valence-corrected chi connectivity index (χ1v) is 7.99. The molecule has 0 radical (unpaired) electrons. The molecule has 130 valence electrons. The van der Waals surface area contributed by atoms with Crippen molar-refractivity contribution in [1.29, 1.82) is 0 Å². The molecule has 1 rings (SSSR count). The van der Waals surface area contributed by atoms with Crippen LogP contribution in [-0.2, 0) is 23.9 Å². The lowest BCUT2D eigenvalue weighted by Crippen LogP contribution is -2.40. The zero-order chi connectivity index (χ0) is 17.1. The fraction of sp³-hybridized carbons (Fsp3) is 0.733. The second-order valence-electron chi connectivity index (χ2n) is 5.41. The Labute approximate surface area is 135 Å². The normalized spacial score (nSPS) is 14.8. The number of carbonyl (C=O) groups is 4. The molecule has 8 nitrogen and oxygen atoms in total. The van der Waals surface area contributed by atoms with Crippen molar-refractivity contribution in [1.82, 2.24) is 15.5 Å². The molecule has 0 aromatic heterocycles. The van der Waals surface area contributed by atoms with Gasteiger partial charge in [0.25, 0.3) is 5.91 Å². The molecule has 1 fully saturated rings. The maximum Gasteiger partial charge on any atom is 0.326 e. The number of nitrogens with one attached hydrogen (secondary N) is 2. The van der Waals surface area contributed by atoms with Crippen molar-refractivity contribution < 1.29 is 23.9 Å². The minimum Gasteiger partial charge on any atom is -0.454 e. The molecule has 0 unspecified atom stereocenters. The van der Waals surface area contributed by atoms with E-state index in [0.29, 0.717) is 19.5 Å². The van der Waals surface area contributed by atoms with E-state index in [1.54, 1.807) is 0 Å². The van der Waals surface area contributed by atoms with Crippen LogP contribution < -0.4 is 10.6 Å². The predicted molar refractivity (Wildman–Crippen MR) is 82.3 cm³/mol. The van der Waals surface area contributed by atoms with E-state index < -0.39 is 18.5 Å². The summed E-state index contributed by atoms with van der Waals surface area (Å²) in [5.41, 5.74) is 0. The van der Waals surface area contributed by atoms with Crippen LogP contribution in [0.1, 0.15) is 39.0 Å². The average molecular weight is 327 g/mol. The molecule has 0 aliphatic carbocycles. The van der Waals surface area contributed by atoms with E-state index in [2.05, 4.69) is 10.6 Å². The fourth-order valence-corrected chi connectivity index (χ4v) is 2.11. The van der Waals surface area contributed by atoms with Crippen LogP contribution in [-0.4, -0.2) is 61.4 Å². The Balaban J connectivity index is 2.20. The summed E-state index contributed by atoms with van der Waals surface area (Å²) in [5.74, 6) is -1.52. The first-order chi connectivity index (χ1) is 11.0. The third-order valence-corrected chi connectivity index (χ3v) is 3.37. The van der Waals surface area contributed by atoms with Crippen molar-refractivity contribution in [3.8, 4) is 0 Å². The second kappa shape index (κ2) is 10.6. The van der Waals surface area contributed by atoms with Crippen molar-refractivity contribution >= 4 is 23.7 Å². The van der Waals surface area contributed by atoms with Gasteiger partial charge in [-0.2, -0.15) is 0 Å². The Morgan fingerprint density at radius 2 is 1.91 bits per heavy atom. The van der Waals surface area contributed by atoms with Gasteiger partial charge in [-0.25, -0.2) is 0 Å². The molecule has 0 atom stereocenters. The number of nitrogens with zero attached hydrogens (tertiary/aromatic N) is 1. The van der Waals surface area contributed by atoms with Crippen LogP contribution in [0.2, 0.25) is 0 Å². The Kier molecular flexibility index (Phi) is 8.71. The number of hydrogen-bond acceptors (Lipinski definition) is 5. The van der Waals surface area contributed by atoms with Crippen molar-refractivity contribution in [2.24, 2.45) is 0 Å². The molecule has 0 aromatic rings. The summed E-state index contributed by atoms with van der Waals surface area (Å²) in [5, 5.41) is 4.97. The van der Waals surface area contributed by atoms with Crippen LogP contribution in [0.25, 0.3) is 0 Å². The highest BCUT2D eigenvalue weighted by Gasteiger charge is 2.20. The maximum absolute atomic E-state index is 11.7. The summed E-state index contributed by atoms with van der Waals surface area (Å²) in [4.78, 5) is 47.7. The van der Waals surface area contributed by atoms with E-state index in [9.17, 15) is 19.2 Å². The van der Waals surface area contributed by atoms with Crippen LogP contribution in [0.5, 0.6) is 0 Å². The highest BCUT2D eigenvalue weighted by atomic mass is 16.5. The molecule has 23 heavy (non-hydrogen) atoms. The number of carbonyl (C=O) groups excluding carboxylic acids is 4. The van der Waals surface area contributed by atoms with Crippen molar-refractivity contribution in [3.05, 3.63) is 0 Å². The van der Waals surface area contributed by atoms with Gasteiger partial charge in [-0.3, -0.25) is 19.2 Å². The van der Waals surface area contributed by atoms with Crippen LogP contribution in [0.4, 0.5) is 0 Å². The second-order valence-corrected chi connectivity index (χ2v) is 5.41. The summed E-state index contributed by atoms with van der Waals surface area (Å²) in [7, 11) is 0. The third-order valence-electron chi connectivity index (χ3n) is 3.37. The van der Waals surface area contributed by atoms with Gasteiger partial charge >= 0.3 is 5.97 Å². The van der Waals surface area contributed by atoms with E-state index in [1.165, 1.54) is 4.90 Å². The van der Waals surface area contributed by atoms with E-state index in [0.717, 1.165) is 25.7 Å². The summed E-state index contributed by atoms with van der Waals surface area (Å²) in [6, 6.07) is 0. The van der Waals surface area contributed by atoms with Crippen LogP contribution >= 0.6 is 0 Å². The molecule has 1 aliphatic heterocycles. The number of rotatable bonds is 8. The molecule has 3 amide bonds. The van der Waals surface area contributed by atoms with Gasteiger partial charge in [-0.05, 0) is 19.3 Å². The Hall–Kier alpha value is -2.12. The number of hydrogen-bond donors (Lipinski definition) is 2. The number of esters is 1. The molecule has 0 bridgehead atoms. The zero-order valence-corrected chi connectivity index (χ0v) is 13.6. The summed E-state index contributed by atoms with van der Waals surface area (Å²) < 4.78 is 4.83. The van der Waals surface area contributed by atoms with Crippen molar-refractivity contribution in [3.63, 3.8) is 0 Å². The first-order valence-electron chi connectivity index (χ1n) is 7.99. The highest BCUT2D eigenvalue weighted by Crippen LogP contribution is 2.10. The minimum absolute atomic E-state index is 0.0588. The highest BCUT2D eigenvalue weighted by molar-refractivity contribution is 5.87. The molecule has 2 N–H and O–H groups in total. The van der Waals surface area contributed by atoms with Gasteiger partial charge in [0.1, 0.15) is 6.54 Å². The molecule has 1 heterocycles. The Bertz CT molecular complexity index is 439. The van der Waals surface area contributed by atoms with Gasteiger partial charge in [-0.1, -0.05) is 13.3 Å². The Morgan fingerprint density at radius 3 is 2.65 bits per heavy atom.